The van der Waals surface area contributed by atoms with E-state index in [1.54, 1.807) is 30.1 Å². The van der Waals surface area contributed by atoms with E-state index in [9.17, 15) is 4.79 Å². The summed E-state index contributed by atoms with van der Waals surface area (Å²) in [6.07, 6.45) is 3.07. The van der Waals surface area contributed by atoms with Gasteiger partial charge in [0.25, 0.3) is 0 Å². The van der Waals surface area contributed by atoms with Crippen LogP contribution in [0.25, 0.3) is 0 Å². The Kier molecular flexibility index (Phi) is 4.29. The number of hydrogen-bond acceptors (Lipinski definition) is 4. The summed E-state index contributed by atoms with van der Waals surface area (Å²) in [7, 11) is 1.60. The molecule has 0 atom stereocenters. The van der Waals surface area contributed by atoms with Gasteiger partial charge in [0.05, 0.1) is 24.4 Å². The Morgan fingerprint density at radius 1 is 1.53 bits per heavy atom. The zero-order chi connectivity index (χ0) is 13.8. The quantitative estimate of drug-likeness (QED) is 0.787. The fourth-order valence-electron chi connectivity index (χ4n) is 1.76. The number of carbonyl (C=O) groups is 1. The topological polar surface area (TPSA) is 57.0 Å². The molecule has 0 aromatic carbocycles. The van der Waals surface area contributed by atoms with E-state index in [0.29, 0.717) is 29.4 Å². The molecule has 0 unspecified atom stereocenters. The summed E-state index contributed by atoms with van der Waals surface area (Å²) in [6.45, 7) is 2.78. The lowest BCUT2D eigenvalue weighted by molar-refractivity contribution is 0.102. The molecular weight excluding hydrogens is 266 g/mol. The number of ketones is 1. The fraction of sp³-hybridized carbons (Fsp3) is 0.308. The molecule has 6 heteroatoms. The van der Waals surface area contributed by atoms with Gasteiger partial charge in [-0.05, 0) is 19.1 Å². The zero-order valence-corrected chi connectivity index (χ0v) is 11.5. The summed E-state index contributed by atoms with van der Waals surface area (Å²) >= 11 is 6.05. The Morgan fingerprint density at radius 2 is 2.32 bits per heavy atom. The second kappa shape index (κ2) is 5.95. The number of nitrogens with zero attached hydrogens (tertiary/aromatic N) is 3. The van der Waals surface area contributed by atoms with Gasteiger partial charge in [-0.15, -0.1) is 0 Å². The van der Waals surface area contributed by atoms with E-state index in [2.05, 4.69) is 10.1 Å². The summed E-state index contributed by atoms with van der Waals surface area (Å²) in [6, 6.07) is 3.39. The van der Waals surface area contributed by atoms with Crippen LogP contribution in [0.1, 0.15) is 21.7 Å². The summed E-state index contributed by atoms with van der Waals surface area (Å²) in [5.74, 6) is -0.163. The highest BCUT2D eigenvalue weighted by molar-refractivity contribution is 6.34. The van der Waals surface area contributed by atoms with Crippen LogP contribution in [0.4, 0.5) is 0 Å². The Labute approximate surface area is 116 Å². The first-order valence-electron chi connectivity index (χ1n) is 5.81. The van der Waals surface area contributed by atoms with Crippen molar-refractivity contribution >= 4 is 17.4 Å². The number of aromatic nitrogens is 3. The van der Waals surface area contributed by atoms with E-state index >= 15 is 0 Å². The maximum atomic E-state index is 12.5. The third kappa shape index (κ3) is 3.00. The molecule has 2 rings (SSSR count). The van der Waals surface area contributed by atoms with Crippen LogP contribution < -0.4 is 0 Å². The van der Waals surface area contributed by atoms with Crippen LogP contribution in [-0.2, 0) is 11.3 Å². The molecule has 2 aromatic rings. The number of methoxy groups -OCH3 is 1. The van der Waals surface area contributed by atoms with Gasteiger partial charge in [-0.25, -0.2) is 0 Å². The molecule has 0 radical (unpaired) electrons. The van der Waals surface area contributed by atoms with Gasteiger partial charge in [0.2, 0.25) is 5.78 Å². The highest BCUT2D eigenvalue weighted by Crippen LogP contribution is 2.19. The van der Waals surface area contributed by atoms with Crippen molar-refractivity contribution in [3.05, 3.63) is 46.5 Å². The predicted octanol–water partition coefficient (Wildman–Crippen LogP) is 2.12. The van der Waals surface area contributed by atoms with Crippen molar-refractivity contribution in [1.29, 1.82) is 0 Å². The predicted molar refractivity (Wildman–Crippen MR) is 71.5 cm³/mol. The van der Waals surface area contributed by atoms with Crippen molar-refractivity contribution in [2.24, 2.45) is 0 Å². The average Bonchev–Trinajstić information content (AvgIpc) is 2.76. The number of ether oxygens (including phenoxy) is 1. The minimum Gasteiger partial charge on any atom is -0.383 e. The Balaban J connectivity index is 2.35. The van der Waals surface area contributed by atoms with Crippen molar-refractivity contribution < 1.29 is 9.53 Å². The average molecular weight is 280 g/mol. The van der Waals surface area contributed by atoms with Crippen LogP contribution in [0, 0.1) is 6.92 Å². The number of pyridine rings is 1. The molecular formula is C13H14ClN3O2. The van der Waals surface area contributed by atoms with E-state index in [-0.39, 0.29) is 5.78 Å². The maximum Gasteiger partial charge on any atom is 0.212 e. The Bertz CT molecular complexity index is 595. The molecule has 5 nitrogen and oxygen atoms in total. The summed E-state index contributed by atoms with van der Waals surface area (Å²) < 4.78 is 6.55. The molecule has 0 bridgehead atoms. The molecule has 0 N–H and O–H groups in total. The van der Waals surface area contributed by atoms with Gasteiger partial charge in [-0.2, -0.15) is 5.10 Å². The monoisotopic (exact) mass is 279 g/mol. The van der Waals surface area contributed by atoms with Gasteiger partial charge in [-0.1, -0.05) is 11.6 Å². The standard InChI is InChI=1S/C13H14ClN3O2/c1-9-7-10(3-4-15-9)13(18)12-11(14)8-16-17(12)5-6-19-2/h3-4,7-8H,5-6H2,1-2H3. The lowest BCUT2D eigenvalue weighted by Gasteiger charge is -2.07. The molecule has 100 valence electrons. The number of halogens is 1. The third-order valence-corrected chi connectivity index (χ3v) is 2.95. The molecule has 0 amide bonds. The summed E-state index contributed by atoms with van der Waals surface area (Å²) in [4.78, 5) is 16.5. The number of hydrogen-bond donors (Lipinski definition) is 0. The largest absolute Gasteiger partial charge is 0.383 e. The van der Waals surface area contributed by atoms with Gasteiger partial charge in [-0.3, -0.25) is 14.5 Å². The minimum absolute atomic E-state index is 0.163. The Morgan fingerprint density at radius 3 is 3.00 bits per heavy atom. The van der Waals surface area contributed by atoms with Crippen molar-refractivity contribution in [2.75, 3.05) is 13.7 Å². The molecule has 0 fully saturated rings. The number of aryl methyl sites for hydroxylation is 1. The Hall–Kier alpha value is -1.72. The lowest BCUT2D eigenvalue weighted by atomic mass is 10.1. The normalized spacial score (nSPS) is 10.7. The molecule has 19 heavy (non-hydrogen) atoms. The smallest absolute Gasteiger partial charge is 0.212 e. The molecule has 0 saturated carbocycles. The summed E-state index contributed by atoms with van der Waals surface area (Å²) in [5.41, 5.74) is 1.71. The van der Waals surface area contributed by atoms with Crippen molar-refractivity contribution in [2.45, 2.75) is 13.5 Å². The second-order valence-electron chi connectivity index (χ2n) is 4.07. The van der Waals surface area contributed by atoms with E-state index in [4.69, 9.17) is 16.3 Å². The van der Waals surface area contributed by atoms with E-state index in [1.165, 1.54) is 6.20 Å². The maximum absolute atomic E-state index is 12.5. The molecule has 0 spiro atoms. The minimum atomic E-state index is -0.163. The molecule has 0 saturated heterocycles. The first-order chi connectivity index (χ1) is 9.13. The summed E-state index contributed by atoms with van der Waals surface area (Å²) in [5, 5.41) is 4.43. The first-order valence-corrected chi connectivity index (χ1v) is 6.19. The lowest BCUT2D eigenvalue weighted by Crippen LogP contribution is -2.15. The molecule has 0 aliphatic heterocycles. The van der Waals surface area contributed by atoms with Crippen LogP contribution >= 0.6 is 11.6 Å². The van der Waals surface area contributed by atoms with Gasteiger partial charge < -0.3 is 4.74 Å². The number of rotatable bonds is 5. The highest BCUT2D eigenvalue weighted by Gasteiger charge is 2.19. The van der Waals surface area contributed by atoms with Crippen LogP contribution in [0.3, 0.4) is 0 Å². The zero-order valence-electron chi connectivity index (χ0n) is 10.8. The molecule has 0 aliphatic carbocycles. The van der Waals surface area contributed by atoms with Crippen molar-refractivity contribution in [3.63, 3.8) is 0 Å². The highest BCUT2D eigenvalue weighted by atomic mass is 35.5. The van der Waals surface area contributed by atoms with E-state index in [1.807, 2.05) is 6.92 Å². The molecule has 2 heterocycles. The number of carbonyl (C=O) groups excluding carboxylic acids is 1. The molecule has 2 aromatic heterocycles. The van der Waals surface area contributed by atoms with Crippen molar-refractivity contribution in [3.8, 4) is 0 Å². The van der Waals surface area contributed by atoms with Crippen LogP contribution in [-0.4, -0.2) is 34.3 Å². The van der Waals surface area contributed by atoms with Crippen LogP contribution in [0.2, 0.25) is 5.02 Å². The third-order valence-electron chi connectivity index (χ3n) is 2.68. The van der Waals surface area contributed by atoms with Crippen LogP contribution in [0.15, 0.2) is 24.5 Å². The van der Waals surface area contributed by atoms with Crippen molar-refractivity contribution in [1.82, 2.24) is 14.8 Å². The van der Waals surface area contributed by atoms with Gasteiger partial charge >= 0.3 is 0 Å². The van der Waals surface area contributed by atoms with E-state index < -0.39 is 0 Å². The van der Waals surface area contributed by atoms with Gasteiger partial charge in [0.1, 0.15) is 5.69 Å². The molecule has 0 aliphatic rings. The van der Waals surface area contributed by atoms with Gasteiger partial charge in [0.15, 0.2) is 0 Å². The van der Waals surface area contributed by atoms with Crippen LogP contribution in [0.5, 0.6) is 0 Å². The van der Waals surface area contributed by atoms with E-state index in [0.717, 1.165) is 5.69 Å². The SMILES string of the molecule is COCCn1ncc(Cl)c1C(=O)c1ccnc(C)c1. The first kappa shape index (κ1) is 13.7. The van der Waals surface area contributed by atoms with Gasteiger partial charge in [0, 0.05) is 24.6 Å². The second-order valence-corrected chi connectivity index (χ2v) is 4.48. The fourth-order valence-corrected chi connectivity index (χ4v) is 1.99.